The number of aliphatic hydroxyl groups excluding tert-OH is 1. The van der Waals surface area contributed by atoms with Gasteiger partial charge in [-0.1, -0.05) is 30.3 Å². The maximum Gasteiger partial charge on any atom is 0.315 e. The number of urea groups is 1. The molecule has 0 radical (unpaired) electrons. The molecule has 0 saturated carbocycles. The average Bonchev–Trinajstić information content (AvgIpc) is 2.88. The van der Waals surface area contributed by atoms with E-state index in [4.69, 9.17) is 4.74 Å². The molecule has 0 aliphatic heterocycles. The zero-order chi connectivity index (χ0) is 16.9. The Balaban J connectivity index is 1.45. The van der Waals surface area contributed by atoms with E-state index >= 15 is 0 Å². The molecule has 1 aliphatic rings. The lowest BCUT2D eigenvalue weighted by Crippen LogP contribution is -2.42. The van der Waals surface area contributed by atoms with Crippen molar-refractivity contribution >= 4 is 6.03 Å². The number of nitrogens with one attached hydrogen (secondary N) is 2. The second-order valence-corrected chi connectivity index (χ2v) is 5.65. The van der Waals surface area contributed by atoms with Gasteiger partial charge in [-0.25, -0.2) is 9.18 Å². The zero-order valence-corrected chi connectivity index (χ0v) is 13.0. The summed E-state index contributed by atoms with van der Waals surface area (Å²) in [5.41, 5.74) is 1.99. The molecule has 0 spiro atoms. The van der Waals surface area contributed by atoms with Gasteiger partial charge in [-0.2, -0.15) is 0 Å². The average molecular weight is 330 g/mol. The number of fused-ring (bicyclic) bond motifs is 1. The standard InChI is InChI=1S/C18H19FN2O3/c19-13-5-3-6-14(11-13)24-9-8-20-18(23)21-17-15-7-2-1-4-12(15)10-16(17)22/h1-7,11,16-17,22H,8-10H2,(H2,20,21,23)/t16-,17+/m0/s1. The minimum atomic E-state index is -0.628. The fourth-order valence-corrected chi connectivity index (χ4v) is 2.83. The Morgan fingerprint density at radius 3 is 2.92 bits per heavy atom. The normalized spacial score (nSPS) is 18.8. The van der Waals surface area contributed by atoms with E-state index in [-0.39, 0.29) is 25.0 Å². The van der Waals surface area contributed by atoms with Crippen molar-refractivity contribution in [2.45, 2.75) is 18.6 Å². The van der Waals surface area contributed by atoms with Crippen LogP contribution in [0.1, 0.15) is 17.2 Å². The van der Waals surface area contributed by atoms with Gasteiger partial charge < -0.3 is 20.5 Å². The van der Waals surface area contributed by atoms with Crippen LogP contribution in [0.4, 0.5) is 9.18 Å². The third-order valence-electron chi connectivity index (χ3n) is 3.94. The summed E-state index contributed by atoms with van der Waals surface area (Å²) >= 11 is 0. The fraction of sp³-hybridized carbons (Fsp3) is 0.278. The van der Waals surface area contributed by atoms with E-state index in [0.717, 1.165) is 11.1 Å². The molecule has 2 aromatic rings. The van der Waals surface area contributed by atoms with Crippen LogP contribution in [0.5, 0.6) is 5.75 Å². The molecule has 2 aromatic carbocycles. The Morgan fingerprint density at radius 1 is 1.25 bits per heavy atom. The minimum absolute atomic E-state index is 0.223. The number of benzene rings is 2. The van der Waals surface area contributed by atoms with Gasteiger partial charge in [0.1, 0.15) is 18.2 Å². The van der Waals surface area contributed by atoms with Crippen molar-refractivity contribution in [1.82, 2.24) is 10.6 Å². The van der Waals surface area contributed by atoms with Gasteiger partial charge in [0, 0.05) is 12.5 Å². The van der Waals surface area contributed by atoms with E-state index in [1.165, 1.54) is 12.1 Å². The Labute approximate surface area is 139 Å². The van der Waals surface area contributed by atoms with Gasteiger partial charge in [0.15, 0.2) is 0 Å². The van der Waals surface area contributed by atoms with Crippen molar-refractivity contribution < 1.29 is 19.0 Å². The molecule has 0 fully saturated rings. The summed E-state index contributed by atoms with van der Waals surface area (Å²) in [5.74, 6) is 0.0458. The third-order valence-corrected chi connectivity index (χ3v) is 3.94. The molecule has 24 heavy (non-hydrogen) atoms. The Bertz CT molecular complexity index is 723. The van der Waals surface area contributed by atoms with Crippen LogP contribution in [-0.4, -0.2) is 30.4 Å². The lowest BCUT2D eigenvalue weighted by atomic mass is 10.1. The number of carbonyl (C=O) groups is 1. The molecular formula is C18H19FN2O3. The third kappa shape index (κ3) is 3.83. The molecule has 3 rings (SSSR count). The first-order valence-electron chi connectivity index (χ1n) is 7.82. The molecule has 1 aliphatic carbocycles. The highest BCUT2D eigenvalue weighted by Crippen LogP contribution is 2.30. The summed E-state index contributed by atoms with van der Waals surface area (Å²) in [6.45, 7) is 0.494. The van der Waals surface area contributed by atoms with Crippen LogP contribution < -0.4 is 15.4 Å². The predicted octanol–water partition coefficient (Wildman–Crippen LogP) is 2.16. The van der Waals surface area contributed by atoms with Gasteiger partial charge in [-0.3, -0.25) is 0 Å². The number of ether oxygens (including phenoxy) is 1. The highest BCUT2D eigenvalue weighted by atomic mass is 19.1. The monoisotopic (exact) mass is 330 g/mol. The number of hydrogen-bond donors (Lipinski definition) is 3. The van der Waals surface area contributed by atoms with E-state index in [9.17, 15) is 14.3 Å². The predicted molar refractivity (Wildman–Crippen MR) is 87.3 cm³/mol. The Kier molecular flexibility index (Phi) is 4.96. The van der Waals surface area contributed by atoms with Crippen LogP contribution >= 0.6 is 0 Å². The number of carbonyl (C=O) groups excluding carboxylic acids is 1. The lowest BCUT2D eigenvalue weighted by molar-refractivity contribution is 0.142. The second-order valence-electron chi connectivity index (χ2n) is 5.65. The fourth-order valence-electron chi connectivity index (χ4n) is 2.83. The molecule has 2 amide bonds. The topological polar surface area (TPSA) is 70.6 Å². The molecule has 2 atom stereocenters. The second kappa shape index (κ2) is 7.31. The molecule has 0 heterocycles. The van der Waals surface area contributed by atoms with E-state index in [0.29, 0.717) is 12.2 Å². The molecule has 0 aromatic heterocycles. The highest BCUT2D eigenvalue weighted by Gasteiger charge is 2.31. The quantitative estimate of drug-likeness (QED) is 0.736. The first kappa shape index (κ1) is 16.3. The summed E-state index contributed by atoms with van der Waals surface area (Å²) in [6.07, 6.45) is -0.0965. The number of amides is 2. The summed E-state index contributed by atoms with van der Waals surface area (Å²) in [5, 5.41) is 15.5. The lowest BCUT2D eigenvalue weighted by Gasteiger charge is -2.18. The first-order valence-corrected chi connectivity index (χ1v) is 7.82. The summed E-state index contributed by atoms with van der Waals surface area (Å²) < 4.78 is 18.4. The Hall–Kier alpha value is -2.60. The van der Waals surface area contributed by atoms with Crippen LogP contribution in [0.2, 0.25) is 0 Å². The van der Waals surface area contributed by atoms with Crippen LogP contribution in [0, 0.1) is 5.82 Å². The molecule has 0 saturated heterocycles. The van der Waals surface area contributed by atoms with Gasteiger partial charge in [0.05, 0.1) is 18.7 Å². The van der Waals surface area contributed by atoms with Crippen molar-refractivity contribution in [2.75, 3.05) is 13.2 Å². The van der Waals surface area contributed by atoms with Gasteiger partial charge >= 0.3 is 6.03 Å². The maximum atomic E-state index is 13.0. The van der Waals surface area contributed by atoms with E-state index < -0.39 is 12.1 Å². The summed E-state index contributed by atoms with van der Waals surface area (Å²) in [4.78, 5) is 12.0. The van der Waals surface area contributed by atoms with E-state index in [1.807, 2.05) is 24.3 Å². The highest BCUT2D eigenvalue weighted by molar-refractivity contribution is 5.74. The van der Waals surface area contributed by atoms with Gasteiger partial charge in [-0.05, 0) is 23.3 Å². The molecule has 3 N–H and O–H groups in total. The summed E-state index contributed by atoms with van der Waals surface area (Å²) in [6, 6.07) is 12.7. The molecular weight excluding hydrogens is 311 g/mol. The van der Waals surface area contributed by atoms with Crippen molar-refractivity contribution in [3.8, 4) is 5.75 Å². The largest absolute Gasteiger partial charge is 0.492 e. The molecule has 0 unspecified atom stereocenters. The van der Waals surface area contributed by atoms with Gasteiger partial charge in [-0.15, -0.1) is 0 Å². The van der Waals surface area contributed by atoms with Crippen molar-refractivity contribution in [2.24, 2.45) is 0 Å². The Morgan fingerprint density at radius 2 is 2.08 bits per heavy atom. The van der Waals surface area contributed by atoms with Crippen molar-refractivity contribution in [3.05, 3.63) is 65.5 Å². The van der Waals surface area contributed by atoms with Crippen LogP contribution in [0.15, 0.2) is 48.5 Å². The minimum Gasteiger partial charge on any atom is -0.492 e. The van der Waals surface area contributed by atoms with E-state index in [2.05, 4.69) is 10.6 Å². The number of hydrogen-bond acceptors (Lipinski definition) is 3. The summed E-state index contributed by atoms with van der Waals surface area (Å²) in [7, 11) is 0. The molecule has 0 bridgehead atoms. The van der Waals surface area contributed by atoms with Crippen LogP contribution in [0.3, 0.4) is 0 Å². The first-order chi connectivity index (χ1) is 11.6. The molecule has 126 valence electrons. The van der Waals surface area contributed by atoms with Crippen molar-refractivity contribution in [1.29, 1.82) is 0 Å². The smallest absolute Gasteiger partial charge is 0.315 e. The number of rotatable bonds is 5. The SMILES string of the molecule is O=C(NCCOc1cccc(F)c1)N[C@@H]1c2ccccc2C[C@@H]1O. The number of halogens is 1. The molecule has 6 heteroatoms. The van der Waals surface area contributed by atoms with Crippen LogP contribution in [0.25, 0.3) is 0 Å². The van der Waals surface area contributed by atoms with Crippen LogP contribution in [-0.2, 0) is 6.42 Å². The van der Waals surface area contributed by atoms with Crippen molar-refractivity contribution in [3.63, 3.8) is 0 Å². The molecule has 5 nitrogen and oxygen atoms in total. The number of aliphatic hydroxyl groups is 1. The van der Waals surface area contributed by atoms with Gasteiger partial charge in [0.25, 0.3) is 0 Å². The maximum absolute atomic E-state index is 13.0. The zero-order valence-electron chi connectivity index (χ0n) is 13.0. The van der Waals surface area contributed by atoms with E-state index in [1.54, 1.807) is 12.1 Å². The van der Waals surface area contributed by atoms with Gasteiger partial charge in [0.2, 0.25) is 0 Å².